The molecule has 0 saturated heterocycles. The Morgan fingerprint density at radius 2 is 0.711 bits per heavy atom. The van der Waals surface area contributed by atoms with Crippen molar-refractivity contribution in [3.05, 3.63) is 72.9 Å². The number of nitrogens with zero attached hydrogens (tertiary/aromatic N) is 1. The first-order chi connectivity index (χ1) is 37.0. The average molecular weight is 1090 g/mol. The zero-order valence-corrected chi connectivity index (χ0v) is 50.3. The van der Waals surface area contributed by atoms with Crippen molar-refractivity contribution in [1.29, 1.82) is 0 Å². The number of allylic oxidation sites excluding steroid dienone is 12. The first kappa shape index (κ1) is 72.7. The van der Waals surface area contributed by atoms with Crippen molar-refractivity contribution in [3.8, 4) is 0 Å². The van der Waals surface area contributed by atoms with Gasteiger partial charge in [0.2, 0.25) is 10.0 Å². The summed E-state index contributed by atoms with van der Waals surface area (Å²) >= 11 is 0. The molecule has 2 N–H and O–H groups in total. The lowest BCUT2D eigenvalue weighted by molar-refractivity contribution is -0.157. The topological polar surface area (TPSA) is 140 Å². The molecule has 0 heterocycles. The third-order valence-corrected chi connectivity index (χ3v) is 14.7. The van der Waals surface area contributed by atoms with Crippen LogP contribution in [0.25, 0.3) is 0 Å². The summed E-state index contributed by atoms with van der Waals surface area (Å²) in [5, 5.41) is 3.23. The van der Waals surface area contributed by atoms with Gasteiger partial charge in [-0.05, 0) is 130 Å². The van der Waals surface area contributed by atoms with E-state index in [1.807, 2.05) is 19.0 Å². The Morgan fingerprint density at radius 1 is 0.421 bits per heavy atom. The molecular weight excluding hydrogens is 971 g/mol. The van der Waals surface area contributed by atoms with Gasteiger partial charge < -0.3 is 24.4 Å². The molecule has 11 nitrogen and oxygen atoms in total. The van der Waals surface area contributed by atoms with E-state index in [-0.39, 0.29) is 60.8 Å². The summed E-state index contributed by atoms with van der Waals surface area (Å²) in [6, 6.07) is 0. The van der Waals surface area contributed by atoms with E-state index in [1.165, 1.54) is 57.8 Å². The zero-order chi connectivity index (χ0) is 55.7. The van der Waals surface area contributed by atoms with E-state index in [0.717, 1.165) is 135 Å². The Bertz CT molecular complexity index is 1520. The van der Waals surface area contributed by atoms with Gasteiger partial charge >= 0.3 is 17.9 Å². The quantitative estimate of drug-likeness (QED) is 0.0262. The molecule has 0 radical (unpaired) electrons. The highest BCUT2D eigenvalue weighted by molar-refractivity contribution is 7.89. The Labute approximate surface area is 470 Å². The standard InChI is InChI=1S/C64H115N3O8S.2H2/c1-6-9-12-15-18-21-24-27-30-33-36-39-42-45-48-51-61(68)73-58-64(65-55-57-76(71,72)66-54-56-67(4)5,59-74-62(69)52-49-46-43-40-37-34-31-28-25-22-19-16-13-10-7-2)60-75-63(70)53-50-47-44-41-38-35-32-29-26-23-20-17-14-11-8-3;;/h18-23,27-32,65-66H,6-17,24-26,33-60H2,1-5H3;2*1H/b21-18-,22-19-,23-20-,30-27-,31-28-,32-29-;;. The van der Waals surface area contributed by atoms with Crippen molar-refractivity contribution in [2.45, 2.75) is 257 Å². The number of esters is 3. The molecule has 0 aromatic heterocycles. The van der Waals surface area contributed by atoms with Crippen LogP contribution in [0.2, 0.25) is 0 Å². The second-order valence-corrected chi connectivity index (χ2v) is 23.1. The maximum absolute atomic E-state index is 13.2. The van der Waals surface area contributed by atoms with Crippen molar-refractivity contribution in [1.82, 2.24) is 14.9 Å². The van der Waals surface area contributed by atoms with Crippen molar-refractivity contribution in [2.75, 3.05) is 59.3 Å². The molecule has 0 aromatic carbocycles. The van der Waals surface area contributed by atoms with Gasteiger partial charge in [-0.3, -0.25) is 14.4 Å². The molecule has 0 fully saturated rings. The molecule has 0 aromatic rings. The summed E-state index contributed by atoms with van der Waals surface area (Å²) in [5.74, 6) is -1.48. The molecular formula is C64H119N3O8S. The molecule has 0 atom stereocenters. The van der Waals surface area contributed by atoms with Crippen LogP contribution in [0.4, 0.5) is 0 Å². The highest BCUT2D eigenvalue weighted by Crippen LogP contribution is 2.16. The highest BCUT2D eigenvalue weighted by atomic mass is 32.2. The fraction of sp³-hybridized carbons (Fsp3) is 0.766. The molecule has 0 saturated carbocycles. The third-order valence-electron chi connectivity index (χ3n) is 13.3. The van der Waals surface area contributed by atoms with Crippen LogP contribution in [-0.2, 0) is 38.6 Å². The number of carbonyl (C=O) groups excluding carboxylic acids is 3. The Kier molecular flexibility index (Phi) is 52.6. The van der Waals surface area contributed by atoms with E-state index < -0.39 is 33.5 Å². The molecule has 0 unspecified atom stereocenters. The zero-order valence-electron chi connectivity index (χ0n) is 49.5. The number of hydrogen-bond acceptors (Lipinski definition) is 10. The van der Waals surface area contributed by atoms with Crippen LogP contribution in [0.3, 0.4) is 0 Å². The van der Waals surface area contributed by atoms with Crippen molar-refractivity contribution < 1.29 is 39.9 Å². The third kappa shape index (κ3) is 52.7. The van der Waals surface area contributed by atoms with Gasteiger partial charge in [-0.25, -0.2) is 13.1 Å². The number of nitrogens with one attached hydrogen (secondary N) is 2. The number of hydrogen-bond donors (Lipinski definition) is 2. The minimum absolute atomic E-state index is 0. The van der Waals surface area contributed by atoms with E-state index >= 15 is 0 Å². The monoisotopic (exact) mass is 1090 g/mol. The van der Waals surface area contributed by atoms with Gasteiger partial charge in [0.15, 0.2) is 0 Å². The van der Waals surface area contributed by atoms with Crippen molar-refractivity contribution >= 4 is 27.9 Å². The smallest absolute Gasteiger partial charge is 0.305 e. The predicted molar refractivity (Wildman–Crippen MR) is 326 cm³/mol. The van der Waals surface area contributed by atoms with E-state index in [1.54, 1.807) is 0 Å². The second kappa shape index (κ2) is 55.0. The maximum Gasteiger partial charge on any atom is 0.305 e. The van der Waals surface area contributed by atoms with Gasteiger partial charge in [0.1, 0.15) is 25.4 Å². The lowest BCUT2D eigenvalue weighted by Crippen LogP contribution is -2.58. The lowest BCUT2D eigenvalue weighted by atomic mass is 10.0. The molecule has 0 aliphatic heterocycles. The fourth-order valence-corrected chi connectivity index (χ4v) is 9.26. The van der Waals surface area contributed by atoms with Gasteiger partial charge in [-0.1, -0.05) is 190 Å². The molecule has 0 amide bonds. The van der Waals surface area contributed by atoms with Crippen LogP contribution >= 0.6 is 0 Å². The van der Waals surface area contributed by atoms with Crippen LogP contribution < -0.4 is 10.0 Å². The first-order valence-corrected chi connectivity index (χ1v) is 32.4. The molecule has 76 heavy (non-hydrogen) atoms. The SMILES string of the molecule is CCCCC/C=C\C/C=C\CCCCCCCC(=O)OCC(COC(=O)CCCCCCC/C=C\C/C=C\CCCCC)(COC(=O)CCCCCCC/C=C\C/C=C\CCCCC)NCCS(=O)(=O)NCCN(C)C.[HH].[HH]. The summed E-state index contributed by atoms with van der Waals surface area (Å²) < 4.78 is 46.2. The molecule has 0 aliphatic rings. The van der Waals surface area contributed by atoms with Gasteiger partial charge in [-0.2, -0.15) is 0 Å². The number of ether oxygens (including phenoxy) is 3. The van der Waals surface area contributed by atoms with E-state index in [2.05, 4.69) is 104 Å². The van der Waals surface area contributed by atoms with Gasteiger partial charge in [0, 0.05) is 41.8 Å². The maximum atomic E-state index is 13.2. The van der Waals surface area contributed by atoms with Crippen LogP contribution in [0, 0.1) is 0 Å². The predicted octanol–water partition coefficient (Wildman–Crippen LogP) is 16.4. The number of carbonyl (C=O) groups is 3. The van der Waals surface area contributed by atoms with Crippen LogP contribution in [-0.4, -0.2) is 96.1 Å². The summed E-state index contributed by atoms with van der Waals surface area (Å²) in [5.41, 5.74) is -1.35. The number of likely N-dealkylation sites (N-methyl/N-ethyl adjacent to an activating group) is 1. The largest absolute Gasteiger partial charge is 0.463 e. The highest BCUT2D eigenvalue weighted by Gasteiger charge is 2.36. The summed E-state index contributed by atoms with van der Waals surface area (Å²) in [4.78, 5) is 41.6. The first-order valence-electron chi connectivity index (χ1n) is 30.7. The summed E-state index contributed by atoms with van der Waals surface area (Å²) in [7, 11) is 0.0686. The van der Waals surface area contributed by atoms with Gasteiger partial charge in [-0.15, -0.1) is 0 Å². The van der Waals surface area contributed by atoms with Gasteiger partial charge in [0.05, 0.1) is 5.75 Å². The van der Waals surface area contributed by atoms with Crippen LogP contribution in [0.15, 0.2) is 72.9 Å². The Hall–Kier alpha value is -3.32. The van der Waals surface area contributed by atoms with E-state index in [0.29, 0.717) is 25.8 Å². The van der Waals surface area contributed by atoms with Crippen LogP contribution in [0.5, 0.6) is 0 Å². The molecule has 12 heteroatoms. The molecule has 0 spiro atoms. The second-order valence-electron chi connectivity index (χ2n) is 21.1. The molecule has 0 aliphatic carbocycles. The fourth-order valence-electron chi connectivity index (χ4n) is 8.34. The van der Waals surface area contributed by atoms with Crippen molar-refractivity contribution in [2.24, 2.45) is 0 Å². The minimum Gasteiger partial charge on any atom is -0.463 e. The number of sulfonamides is 1. The molecule has 444 valence electrons. The number of unbranched alkanes of at least 4 members (excludes halogenated alkanes) is 24. The van der Waals surface area contributed by atoms with E-state index in [4.69, 9.17) is 14.2 Å². The number of rotatable bonds is 56. The van der Waals surface area contributed by atoms with Gasteiger partial charge in [0.25, 0.3) is 0 Å². The van der Waals surface area contributed by atoms with Crippen molar-refractivity contribution in [3.63, 3.8) is 0 Å². The molecule has 0 bridgehead atoms. The summed E-state index contributed by atoms with van der Waals surface area (Å²) in [6.45, 7) is 6.66. The van der Waals surface area contributed by atoms with E-state index in [9.17, 15) is 22.8 Å². The lowest BCUT2D eigenvalue weighted by Gasteiger charge is -2.33. The normalized spacial score (nSPS) is 12.6. The summed E-state index contributed by atoms with van der Waals surface area (Å²) in [6.07, 6.45) is 63.2. The minimum atomic E-state index is -3.67. The Morgan fingerprint density at radius 3 is 1.01 bits per heavy atom. The average Bonchev–Trinajstić information content (AvgIpc) is 3.39. The van der Waals surface area contributed by atoms with Crippen LogP contribution in [0.1, 0.15) is 255 Å². The molecule has 0 rings (SSSR count). The Balaban J connectivity index is -0.0000281.